The van der Waals surface area contributed by atoms with E-state index in [0.29, 0.717) is 13.0 Å². The van der Waals surface area contributed by atoms with Crippen molar-refractivity contribution >= 4 is 16.8 Å². The molecule has 5 nitrogen and oxygen atoms in total. The lowest BCUT2D eigenvalue weighted by Crippen LogP contribution is -2.37. The van der Waals surface area contributed by atoms with Gasteiger partial charge < -0.3 is 15.0 Å². The number of fused-ring (bicyclic) bond motifs is 2. The maximum Gasteiger partial charge on any atom is 0.224 e. The van der Waals surface area contributed by atoms with Gasteiger partial charge in [-0.15, -0.1) is 0 Å². The van der Waals surface area contributed by atoms with Crippen LogP contribution in [0.3, 0.4) is 0 Å². The van der Waals surface area contributed by atoms with E-state index < -0.39 is 0 Å². The number of hydrogen-bond donors (Lipinski definition) is 2. The van der Waals surface area contributed by atoms with Gasteiger partial charge in [-0.2, -0.15) is 0 Å². The summed E-state index contributed by atoms with van der Waals surface area (Å²) in [4.78, 5) is 18.2. The number of aromatic amines is 1. The van der Waals surface area contributed by atoms with Gasteiger partial charge in [0, 0.05) is 48.8 Å². The molecular formula is C27H27N3O2. The number of hydrogen-bond acceptors (Lipinski definition) is 3. The summed E-state index contributed by atoms with van der Waals surface area (Å²) in [5.74, 6) is 0.980. The fourth-order valence-electron chi connectivity index (χ4n) is 4.36. The Morgan fingerprint density at radius 1 is 1.00 bits per heavy atom. The van der Waals surface area contributed by atoms with Gasteiger partial charge in [0.2, 0.25) is 5.91 Å². The van der Waals surface area contributed by atoms with Gasteiger partial charge in [0.1, 0.15) is 11.9 Å². The van der Waals surface area contributed by atoms with E-state index in [0.717, 1.165) is 47.4 Å². The molecule has 0 radical (unpaired) electrons. The van der Waals surface area contributed by atoms with Gasteiger partial charge in [0.15, 0.2) is 0 Å². The van der Waals surface area contributed by atoms with E-state index in [1.807, 2.05) is 66.9 Å². The fourth-order valence-corrected chi connectivity index (χ4v) is 4.36. The molecule has 1 aromatic heterocycles. The van der Waals surface area contributed by atoms with Crippen molar-refractivity contribution in [2.45, 2.75) is 19.1 Å². The summed E-state index contributed by atoms with van der Waals surface area (Å²) in [5.41, 5.74) is 4.43. The molecule has 4 aromatic rings. The van der Waals surface area contributed by atoms with E-state index in [4.69, 9.17) is 4.74 Å². The average molecular weight is 426 g/mol. The van der Waals surface area contributed by atoms with E-state index in [-0.39, 0.29) is 12.0 Å². The molecule has 0 spiro atoms. The van der Waals surface area contributed by atoms with Crippen LogP contribution in [0.2, 0.25) is 0 Å². The summed E-state index contributed by atoms with van der Waals surface area (Å²) in [6.45, 7) is 2.94. The summed E-state index contributed by atoms with van der Waals surface area (Å²) >= 11 is 0. The number of H-pyrrole nitrogens is 1. The van der Waals surface area contributed by atoms with Gasteiger partial charge in [-0.1, -0.05) is 66.7 Å². The molecule has 162 valence electrons. The van der Waals surface area contributed by atoms with Crippen LogP contribution in [0, 0.1) is 0 Å². The first-order chi connectivity index (χ1) is 15.8. The number of carbonyl (C=O) groups is 1. The molecule has 0 bridgehead atoms. The second kappa shape index (κ2) is 9.28. The molecule has 0 saturated heterocycles. The predicted molar refractivity (Wildman–Crippen MR) is 127 cm³/mol. The summed E-state index contributed by atoms with van der Waals surface area (Å²) in [7, 11) is 0. The van der Waals surface area contributed by atoms with Gasteiger partial charge in [0.25, 0.3) is 0 Å². The number of nitrogens with zero attached hydrogens (tertiary/aromatic N) is 1. The standard InChI is InChI=1S/C27H27N3O2/c31-27(16-22-17-29-24-12-6-5-11-23(22)24)28-14-15-30-18-21-10-4-7-13-25(21)32-26(19-30)20-8-2-1-3-9-20/h1-13,17,26,29H,14-16,18-19H2,(H,28,31)/t26-/m1/s1. The number of carbonyl (C=O) groups excluding carboxylic acids is 1. The topological polar surface area (TPSA) is 57.4 Å². The number of rotatable bonds is 6. The van der Waals surface area contributed by atoms with Crippen molar-refractivity contribution in [2.24, 2.45) is 0 Å². The normalized spacial score (nSPS) is 16.2. The molecule has 5 rings (SSSR count). The molecule has 1 aliphatic rings. The number of nitrogens with one attached hydrogen (secondary N) is 2. The molecule has 0 unspecified atom stereocenters. The maximum absolute atomic E-state index is 12.6. The molecule has 32 heavy (non-hydrogen) atoms. The Morgan fingerprint density at radius 2 is 1.78 bits per heavy atom. The Balaban J connectivity index is 1.22. The van der Waals surface area contributed by atoms with Gasteiger partial charge in [-0.3, -0.25) is 9.69 Å². The lowest BCUT2D eigenvalue weighted by molar-refractivity contribution is -0.120. The van der Waals surface area contributed by atoms with Crippen LogP contribution in [-0.4, -0.2) is 35.4 Å². The molecular weight excluding hydrogens is 398 g/mol. The summed E-state index contributed by atoms with van der Waals surface area (Å²) in [6.07, 6.45) is 2.27. The van der Waals surface area contributed by atoms with Crippen LogP contribution in [0.1, 0.15) is 22.8 Å². The third kappa shape index (κ3) is 4.53. The second-order valence-electron chi connectivity index (χ2n) is 8.25. The minimum absolute atomic E-state index is 0.0400. The molecule has 1 amide bonds. The maximum atomic E-state index is 12.6. The van der Waals surface area contributed by atoms with E-state index >= 15 is 0 Å². The molecule has 1 aliphatic heterocycles. The van der Waals surface area contributed by atoms with Crippen molar-refractivity contribution in [3.8, 4) is 5.75 Å². The van der Waals surface area contributed by atoms with Crippen molar-refractivity contribution in [3.63, 3.8) is 0 Å². The predicted octanol–water partition coefficient (Wildman–Crippen LogP) is 4.46. The third-order valence-corrected chi connectivity index (χ3v) is 6.01. The molecule has 1 atom stereocenters. The molecule has 2 heterocycles. The molecule has 5 heteroatoms. The van der Waals surface area contributed by atoms with Crippen molar-refractivity contribution < 1.29 is 9.53 Å². The first-order valence-corrected chi connectivity index (χ1v) is 11.1. The smallest absolute Gasteiger partial charge is 0.224 e. The Morgan fingerprint density at radius 3 is 2.69 bits per heavy atom. The minimum Gasteiger partial charge on any atom is -0.484 e. The van der Waals surface area contributed by atoms with Gasteiger partial charge in [-0.25, -0.2) is 0 Å². The van der Waals surface area contributed by atoms with E-state index in [9.17, 15) is 4.79 Å². The lowest BCUT2D eigenvalue weighted by atomic mass is 10.1. The number of benzene rings is 3. The van der Waals surface area contributed by atoms with Crippen molar-refractivity contribution in [1.82, 2.24) is 15.2 Å². The number of para-hydroxylation sites is 2. The Bertz CT molecular complexity index is 1200. The van der Waals surface area contributed by atoms with Crippen LogP contribution in [0.4, 0.5) is 0 Å². The highest BCUT2D eigenvalue weighted by Crippen LogP contribution is 2.30. The number of aromatic nitrogens is 1. The van der Waals surface area contributed by atoms with Crippen LogP contribution in [0.25, 0.3) is 10.9 Å². The third-order valence-electron chi connectivity index (χ3n) is 6.01. The number of amides is 1. The van der Waals surface area contributed by atoms with E-state index in [2.05, 4.69) is 33.4 Å². The number of ether oxygens (including phenoxy) is 1. The SMILES string of the molecule is O=C(Cc1c[nH]c2ccccc12)NCCN1Cc2ccccc2O[C@@H](c2ccccc2)C1. The van der Waals surface area contributed by atoms with E-state index in [1.54, 1.807) is 0 Å². The zero-order valence-electron chi connectivity index (χ0n) is 18.0. The summed E-state index contributed by atoms with van der Waals surface area (Å²) < 4.78 is 6.38. The molecule has 2 N–H and O–H groups in total. The second-order valence-corrected chi connectivity index (χ2v) is 8.25. The highest BCUT2D eigenvalue weighted by atomic mass is 16.5. The van der Waals surface area contributed by atoms with Crippen LogP contribution >= 0.6 is 0 Å². The van der Waals surface area contributed by atoms with Crippen LogP contribution in [0.5, 0.6) is 5.75 Å². The first kappa shape index (κ1) is 20.3. The van der Waals surface area contributed by atoms with Crippen LogP contribution < -0.4 is 10.1 Å². The summed E-state index contributed by atoms with van der Waals surface area (Å²) in [6, 6.07) is 26.6. The van der Waals surface area contributed by atoms with Crippen LogP contribution in [-0.2, 0) is 17.8 Å². The fraction of sp³-hybridized carbons (Fsp3) is 0.222. The van der Waals surface area contributed by atoms with Crippen molar-refractivity contribution in [2.75, 3.05) is 19.6 Å². The molecule has 0 saturated carbocycles. The highest BCUT2D eigenvalue weighted by Gasteiger charge is 2.24. The van der Waals surface area contributed by atoms with Gasteiger partial charge in [0.05, 0.1) is 6.42 Å². The first-order valence-electron chi connectivity index (χ1n) is 11.1. The van der Waals surface area contributed by atoms with Crippen molar-refractivity contribution in [1.29, 1.82) is 0 Å². The van der Waals surface area contributed by atoms with Crippen molar-refractivity contribution in [3.05, 3.63) is 102 Å². The minimum atomic E-state index is -0.0400. The quantitative estimate of drug-likeness (QED) is 0.479. The Labute approximate surface area is 188 Å². The van der Waals surface area contributed by atoms with E-state index in [1.165, 1.54) is 5.56 Å². The monoisotopic (exact) mass is 425 g/mol. The Kier molecular flexibility index (Phi) is 5.90. The highest BCUT2D eigenvalue weighted by molar-refractivity contribution is 5.88. The Hall–Kier alpha value is -3.57. The largest absolute Gasteiger partial charge is 0.484 e. The van der Waals surface area contributed by atoms with Gasteiger partial charge in [-0.05, 0) is 23.3 Å². The van der Waals surface area contributed by atoms with Crippen LogP contribution in [0.15, 0.2) is 85.1 Å². The summed E-state index contributed by atoms with van der Waals surface area (Å²) in [5, 5.41) is 4.20. The molecule has 3 aromatic carbocycles. The zero-order valence-corrected chi connectivity index (χ0v) is 18.0. The average Bonchev–Trinajstić information content (AvgIpc) is 3.12. The van der Waals surface area contributed by atoms with Gasteiger partial charge >= 0.3 is 0 Å². The zero-order chi connectivity index (χ0) is 21.8. The lowest BCUT2D eigenvalue weighted by Gasteiger charge is -2.24. The molecule has 0 aliphatic carbocycles. The molecule has 0 fully saturated rings.